The van der Waals surface area contributed by atoms with Crippen LogP contribution in [0.15, 0.2) is 11.6 Å². The van der Waals surface area contributed by atoms with Crippen molar-refractivity contribution in [3.8, 4) is 0 Å². The summed E-state index contributed by atoms with van der Waals surface area (Å²) in [5.41, 5.74) is 2.86. The minimum absolute atomic E-state index is 0.0252. The van der Waals surface area contributed by atoms with E-state index in [1.54, 1.807) is 0 Å². The molecule has 7 nitrogen and oxygen atoms in total. The van der Waals surface area contributed by atoms with Crippen molar-refractivity contribution in [1.29, 1.82) is 0 Å². The number of hydrogen-bond acceptors (Lipinski definition) is 7. The van der Waals surface area contributed by atoms with Gasteiger partial charge in [-0.1, -0.05) is 0 Å². The van der Waals surface area contributed by atoms with E-state index in [0.717, 1.165) is 55.5 Å². The Bertz CT molecular complexity index is 831. The minimum Gasteiger partial charge on any atom is -0.365 e. The number of nitrogens with zero attached hydrogens (tertiary/aromatic N) is 5. The molecule has 3 heterocycles. The number of aryl methyl sites for hydroxylation is 1. The number of piperidine rings is 1. The lowest BCUT2D eigenvalue weighted by molar-refractivity contribution is 0.0628. The Kier molecular flexibility index (Phi) is 4.30. The first kappa shape index (κ1) is 17.2. The number of carbonyl (C=O) groups is 1. The average Bonchev–Trinajstić information content (AvgIpc) is 3.27. The number of carbonyl (C=O) groups excluding carboxylic acids is 1. The first-order chi connectivity index (χ1) is 12.5. The Morgan fingerprint density at radius 2 is 2.19 bits per heavy atom. The predicted molar refractivity (Wildman–Crippen MR) is 103 cm³/mol. The van der Waals surface area contributed by atoms with Gasteiger partial charge in [-0.15, -0.1) is 11.3 Å². The lowest BCUT2D eigenvalue weighted by Gasteiger charge is -2.40. The van der Waals surface area contributed by atoms with Gasteiger partial charge in [-0.05, 0) is 31.2 Å². The van der Waals surface area contributed by atoms with E-state index in [1.165, 1.54) is 16.9 Å². The molecule has 0 radical (unpaired) electrons. The highest BCUT2D eigenvalue weighted by Gasteiger charge is 2.45. The first-order valence-electron chi connectivity index (χ1n) is 8.99. The second kappa shape index (κ2) is 6.50. The molecular formula is C18H24N6OS. The standard InChI is InChI=1S/C18H24N6OS/c1-19-17-21-13(10-26-17)15(25)24-8-4-6-18(11-24)7-5-12-9-20-16(23(2)3)22-14(12)18/h9-10H,4-8,11H2,1-3H3,(H,19,21). The molecule has 1 unspecified atom stereocenters. The number of nitrogens with one attached hydrogen (secondary N) is 1. The van der Waals surface area contributed by atoms with Gasteiger partial charge in [-0.3, -0.25) is 4.79 Å². The lowest BCUT2D eigenvalue weighted by atomic mass is 9.77. The molecule has 0 aromatic carbocycles. The quantitative estimate of drug-likeness (QED) is 0.890. The molecule has 1 saturated heterocycles. The Hall–Kier alpha value is -2.22. The highest BCUT2D eigenvalue weighted by Crippen LogP contribution is 2.44. The normalized spacial score (nSPS) is 21.7. The summed E-state index contributed by atoms with van der Waals surface area (Å²) in [4.78, 5) is 30.6. The van der Waals surface area contributed by atoms with Crippen LogP contribution in [0, 0.1) is 0 Å². The monoisotopic (exact) mass is 372 g/mol. The second-order valence-electron chi connectivity index (χ2n) is 7.34. The molecule has 26 heavy (non-hydrogen) atoms. The molecule has 1 atom stereocenters. The van der Waals surface area contributed by atoms with Crippen molar-refractivity contribution < 1.29 is 4.79 Å². The molecule has 2 aromatic rings. The molecule has 8 heteroatoms. The fourth-order valence-corrected chi connectivity index (χ4v) is 4.74. The Labute approximate surface area is 157 Å². The van der Waals surface area contributed by atoms with Crippen LogP contribution in [0.5, 0.6) is 0 Å². The number of rotatable bonds is 3. The van der Waals surface area contributed by atoms with E-state index >= 15 is 0 Å². The maximum atomic E-state index is 13.0. The Morgan fingerprint density at radius 3 is 2.92 bits per heavy atom. The number of likely N-dealkylation sites (tertiary alicyclic amines) is 1. The highest BCUT2D eigenvalue weighted by atomic mass is 32.1. The van der Waals surface area contributed by atoms with Crippen LogP contribution in [0.1, 0.15) is 41.0 Å². The summed E-state index contributed by atoms with van der Waals surface area (Å²) in [7, 11) is 5.74. The summed E-state index contributed by atoms with van der Waals surface area (Å²) in [5.74, 6) is 0.767. The molecule has 1 fully saturated rings. The van der Waals surface area contributed by atoms with Crippen LogP contribution < -0.4 is 10.2 Å². The minimum atomic E-state index is -0.0429. The summed E-state index contributed by atoms with van der Waals surface area (Å²) in [6, 6.07) is 0. The van der Waals surface area contributed by atoms with Gasteiger partial charge in [-0.2, -0.15) is 0 Å². The topological polar surface area (TPSA) is 74.2 Å². The molecule has 1 N–H and O–H groups in total. The number of thiazole rings is 1. The van der Waals surface area contributed by atoms with Crippen molar-refractivity contribution in [2.24, 2.45) is 0 Å². The summed E-state index contributed by atoms with van der Waals surface area (Å²) in [6.07, 6.45) is 6.07. The SMILES string of the molecule is CNc1nc(C(=O)N2CCCC3(CCc4cnc(N(C)C)nc43)C2)cs1. The average molecular weight is 372 g/mol. The first-order valence-corrected chi connectivity index (χ1v) is 9.87. The second-order valence-corrected chi connectivity index (χ2v) is 8.19. The van der Waals surface area contributed by atoms with Gasteiger partial charge in [0.2, 0.25) is 5.95 Å². The van der Waals surface area contributed by atoms with Gasteiger partial charge in [0.05, 0.1) is 5.69 Å². The molecule has 1 aliphatic carbocycles. The fraction of sp³-hybridized carbons (Fsp3) is 0.556. The maximum Gasteiger partial charge on any atom is 0.273 e. The fourth-order valence-electron chi connectivity index (χ4n) is 4.10. The molecule has 0 bridgehead atoms. The van der Waals surface area contributed by atoms with Crippen LogP contribution in [-0.2, 0) is 11.8 Å². The van der Waals surface area contributed by atoms with Crippen molar-refractivity contribution in [2.45, 2.75) is 31.1 Å². The number of anilines is 2. The van der Waals surface area contributed by atoms with Crippen LogP contribution in [0.3, 0.4) is 0 Å². The van der Waals surface area contributed by atoms with Crippen LogP contribution in [-0.4, -0.2) is 60.0 Å². The van der Waals surface area contributed by atoms with E-state index in [4.69, 9.17) is 4.98 Å². The Balaban J connectivity index is 1.61. The van der Waals surface area contributed by atoms with Crippen molar-refractivity contribution in [1.82, 2.24) is 19.9 Å². The number of amides is 1. The molecular weight excluding hydrogens is 348 g/mol. The number of fused-ring (bicyclic) bond motifs is 2. The van der Waals surface area contributed by atoms with Gasteiger partial charge >= 0.3 is 0 Å². The zero-order valence-electron chi connectivity index (χ0n) is 15.4. The van der Waals surface area contributed by atoms with E-state index in [1.807, 2.05) is 42.5 Å². The molecule has 2 aromatic heterocycles. The molecule has 0 saturated carbocycles. The van der Waals surface area contributed by atoms with Crippen molar-refractivity contribution >= 4 is 28.3 Å². The molecule has 4 rings (SSSR count). The van der Waals surface area contributed by atoms with E-state index < -0.39 is 0 Å². The lowest BCUT2D eigenvalue weighted by Crippen LogP contribution is -2.48. The number of hydrogen-bond donors (Lipinski definition) is 1. The van der Waals surface area contributed by atoms with Gasteiger partial charge in [-0.25, -0.2) is 15.0 Å². The molecule has 1 amide bonds. The zero-order valence-corrected chi connectivity index (χ0v) is 16.3. The summed E-state index contributed by atoms with van der Waals surface area (Å²) >= 11 is 1.46. The number of aromatic nitrogens is 3. The largest absolute Gasteiger partial charge is 0.365 e. The van der Waals surface area contributed by atoms with E-state index in [2.05, 4.69) is 15.3 Å². The molecule has 2 aliphatic rings. The molecule has 1 aliphatic heterocycles. The zero-order chi connectivity index (χ0) is 18.3. The van der Waals surface area contributed by atoms with Gasteiger partial charge in [0, 0.05) is 51.2 Å². The van der Waals surface area contributed by atoms with Crippen LogP contribution in [0.4, 0.5) is 11.1 Å². The molecule has 138 valence electrons. The Morgan fingerprint density at radius 1 is 1.35 bits per heavy atom. The predicted octanol–water partition coefficient (Wildman–Crippen LogP) is 2.16. The third-order valence-corrected chi connectivity index (χ3v) is 6.29. The van der Waals surface area contributed by atoms with Crippen LogP contribution in [0.25, 0.3) is 0 Å². The van der Waals surface area contributed by atoms with E-state index in [9.17, 15) is 4.79 Å². The summed E-state index contributed by atoms with van der Waals surface area (Å²) in [5, 5.41) is 5.61. The van der Waals surface area contributed by atoms with Gasteiger partial charge in [0.1, 0.15) is 5.69 Å². The van der Waals surface area contributed by atoms with E-state index in [-0.39, 0.29) is 11.3 Å². The van der Waals surface area contributed by atoms with Gasteiger partial charge < -0.3 is 15.1 Å². The van der Waals surface area contributed by atoms with Crippen molar-refractivity contribution in [2.75, 3.05) is 44.4 Å². The van der Waals surface area contributed by atoms with Crippen molar-refractivity contribution in [3.63, 3.8) is 0 Å². The third-order valence-electron chi connectivity index (χ3n) is 5.43. The third kappa shape index (κ3) is 2.82. The van der Waals surface area contributed by atoms with Gasteiger partial charge in [0.25, 0.3) is 5.91 Å². The van der Waals surface area contributed by atoms with Crippen LogP contribution >= 0.6 is 11.3 Å². The maximum absolute atomic E-state index is 13.0. The van der Waals surface area contributed by atoms with Crippen LogP contribution in [0.2, 0.25) is 0 Å². The summed E-state index contributed by atoms with van der Waals surface area (Å²) in [6.45, 7) is 1.50. The van der Waals surface area contributed by atoms with E-state index in [0.29, 0.717) is 5.69 Å². The smallest absolute Gasteiger partial charge is 0.273 e. The van der Waals surface area contributed by atoms with Crippen molar-refractivity contribution in [3.05, 3.63) is 28.5 Å². The van der Waals surface area contributed by atoms with Gasteiger partial charge in [0.15, 0.2) is 5.13 Å². The molecule has 1 spiro atoms. The summed E-state index contributed by atoms with van der Waals surface area (Å²) < 4.78 is 0. The highest BCUT2D eigenvalue weighted by molar-refractivity contribution is 7.13.